The van der Waals surface area contributed by atoms with E-state index in [1.54, 1.807) is 6.07 Å². The van der Waals surface area contributed by atoms with E-state index in [9.17, 15) is 5.11 Å². The summed E-state index contributed by atoms with van der Waals surface area (Å²) in [6.45, 7) is 1.44. The Morgan fingerprint density at radius 1 is 1.15 bits per heavy atom. The summed E-state index contributed by atoms with van der Waals surface area (Å²) < 4.78 is 11.6. The highest BCUT2D eigenvalue weighted by molar-refractivity contribution is 5.89. The Hall–Kier alpha value is -1.52. The minimum atomic E-state index is -0.315. The summed E-state index contributed by atoms with van der Waals surface area (Å²) in [6.07, 6.45) is 6.02. The number of H-pyrrole nitrogens is 1. The Bertz CT molecular complexity index is 618. The SMILES string of the molecule is Oc1cccc2[nH]cc(C3CCC4(CC3)OCCO4)c12. The lowest BCUT2D eigenvalue weighted by molar-refractivity contribution is -0.178. The molecule has 2 aromatic rings. The molecule has 1 spiro atoms. The van der Waals surface area contributed by atoms with Gasteiger partial charge in [0.2, 0.25) is 0 Å². The lowest BCUT2D eigenvalue weighted by Gasteiger charge is -2.35. The quantitative estimate of drug-likeness (QED) is 0.838. The van der Waals surface area contributed by atoms with Crippen LogP contribution in [0.1, 0.15) is 37.2 Å². The molecule has 0 radical (unpaired) electrons. The van der Waals surface area contributed by atoms with E-state index >= 15 is 0 Å². The van der Waals surface area contributed by atoms with Gasteiger partial charge < -0.3 is 19.6 Å². The van der Waals surface area contributed by atoms with Gasteiger partial charge in [-0.3, -0.25) is 0 Å². The average Bonchev–Trinajstić information content (AvgIpc) is 3.08. The summed E-state index contributed by atoms with van der Waals surface area (Å²) >= 11 is 0. The molecule has 4 nitrogen and oxygen atoms in total. The molecule has 1 aromatic heterocycles. The predicted molar refractivity (Wildman–Crippen MR) is 75.8 cm³/mol. The molecule has 1 saturated carbocycles. The number of fused-ring (bicyclic) bond motifs is 1. The van der Waals surface area contributed by atoms with E-state index in [0.717, 1.165) is 49.8 Å². The van der Waals surface area contributed by atoms with E-state index in [1.165, 1.54) is 5.56 Å². The van der Waals surface area contributed by atoms with Crippen LogP contribution in [0, 0.1) is 0 Å². The van der Waals surface area contributed by atoms with E-state index in [0.29, 0.717) is 11.7 Å². The first-order valence-corrected chi connectivity index (χ1v) is 7.34. The van der Waals surface area contributed by atoms with Crippen LogP contribution < -0.4 is 0 Å². The van der Waals surface area contributed by atoms with Gasteiger partial charge in [-0.2, -0.15) is 0 Å². The van der Waals surface area contributed by atoms with Crippen LogP contribution >= 0.6 is 0 Å². The van der Waals surface area contributed by atoms with Crippen molar-refractivity contribution in [1.29, 1.82) is 0 Å². The zero-order chi connectivity index (χ0) is 13.6. The van der Waals surface area contributed by atoms with Crippen LogP contribution in [0.2, 0.25) is 0 Å². The third-order valence-electron chi connectivity index (χ3n) is 4.72. The maximum atomic E-state index is 10.1. The summed E-state index contributed by atoms with van der Waals surface area (Å²) in [6, 6.07) is 5.63. The van der Waals surface area contributed by atoms with Gasteiger partial charge in [-0.15, -0.1) is 0 Å². The molecule has 2 N–H and O–H groups in total. The molecule has 4 rings (SSSR count). The Kier molecular flexibility index (Phi) is 2.75. The molecule has 4 heteroatoms. The number of hydrogen-bond acceptors (Lipinski definition) is 3. The number of aromatic hydroxyl groups is 1. The van der Waals surface area contributed by atoms with Gasteiger partial charge in [-0.05, 0) is 36.5 Å². The Labute approximate surface area is 117 Å². The zero-order valence-corrected chi connectivity index (χ0v) is 11.4. The molecule has 2 aliphatic rings. The van der Waals surface area contributed by atoms with Crippen molar-refractivity contribution in [2.45, 2.75) is 37.4 Å². The first-order valence-electron chi connectivity index (χ1n) is 7.34. The summed E-state index contributed by atoms with van der Waals surface area (Å²) in [5, 5.41) is 11.1. The number of hydrogen-bond donors (Lipinski definition) is 2. The fourth-order valence-electron chi connectivity index (χ4n) is 3.67. The number of phenolic OH excluding ortho intramolecular Hbond substituents is 1. The normalized spacial score (nSPS) is 22.8. The van der Waals surface area contributed by atoms with Crippen molar-refractivity contribution in [2.75, 3.05) is 13.2 Å². The van der Waals surface area contributed by atoms with Crippen LogP contribution in [0.15, 0.2) is 24.4 Å². The molecular weight excluding hydrogens is 254 g/mol. The number of rotatable bonds is 1. The number of aromatic nitrogens is 1. The fourth-order valence-corrected chi connectivity index (χ4v) is 3.67. The molecule has 2 heterocycles. The van der Waals surface area contributed by atoms with E-state index < -0.39 is 0 Å². The van der Waals surface area contributed by atoms with Gasteiger partial charge in [-0.25, -0.2) is 0 Å². The highest BCUT2D eigenvalue weighted by atomic mass is 16.7. The highest BCUT2D eigenvalue weighted by Crippen LogP contribution is 2.45. The number of aromatic amines is 1. The molecule has 1 aliphatic heterocycles. The monoisotopic (exact) mass is 273 g/mol. The van der Waals surface area contributed by atoms with Crippen LogP contribution in [-0.2, 0) is 9.47 Å². The van der Waals surface area contributed by atoms with E-state index in [1.807, 2.05) is 18.3 Å². The number of phenols is 1. The largest absolute Gasteiger partial charge is 0.507 e. The Balaban J connectivity index is 1.62. The third-order valence-corrected chi connectivity index (χ3v) is 4.72. The van der Waals surface area contributed by atoms with Gasteiger partial charge in [0.1, 0.15) is 5.75 Å². The Morgan fingerprint density at radius 3 is 2.65 bits per heavy atom. The third kappa shape index (κ3) is 1.83. The van der Waals surface area contributed by atoms with E-state index in [4.69, 9.17) is 9.47 Å². The molecule has 1 aliphatic carbocycles. The molecule has 0 unspecified atom stereocenters. The van der Waals surface area contributed by atoms with Crippen molar-refractivity contribution in [3.8, 4) is 5.75 Å². The van der Waals surface area contributed by atoms with Crippen molar-refractivity contribution in [3.63, 3.8) is 0 Å². The Morgan fingerprint density at radius 2 is 1.90 bits per heavy atom. The standard InChI is InChI=1S/C16H19NO3/c18-14-3-1-2-13-15(14)12(10-17-13)11-4-6-16(7-5-11)19-8-9-20-16/h1-3,10-11,17-18H,4-9H2. The number of benzene rings is 1. The lowest BCUT2D eigenvalue weighted by Crippen LogP contribution is -2.34. The molecular formula is C16H19NO3. The van der Waals surface area contributed by atoms with Crippen molar-refractivity contribution >= 4 is 10.9 Å². The second-order valence-electron chi connectivity index (χ2n) is 5.83. The molecule has 0 bridgehead atoms. The predicted octanol–water partition coefficient (Wildman–Crippen LogP) is 3.27. The maximum absolute atomic E-state index is 10.1. The van der Waals surface area contributed by atoms with Crippen molar-refractivity contribution < 1.29 is 14.6 Å². The first-order chi connectivity index (χ1) is 9.77. The number of nitrogens with one attached hydrogen (secondary N) is 1. The summed E-state index contributed by atoms with van der Waals surface area (Å²) in [7, 11) is 0. The summed E-state index contributed by atoms with van der Waals surface area (Å²) in [5.74, 6) is 0.521. The average molecular weight is 273 g/mol. The zero-order valence-electron chi connectivity index (χ0n) is 11.4. The minimum Gasteiger partial charge on any atom is -0.507 e. The van der Waals surface area contributed by atoms with Gasteiger partial charge >= 0.3 is 0 Å². The van der Waals surface area contributed by atoms with Crippen molar-refractivity contribution in [2.24, 2.45) is 0 Å². The van der Waals surface area contributed by atoms with E-state index in [2.05, 4.69) is 4.98 Å². The molecule has 1 saturated heterocycles. The van der Waals surface area contributed by atoms with Gasteiger partial charge in [0.05, 0.1) is 13.2 Å². The van der Waals surface area contributed by atoms with Gasteiger partial charge in [-0.1, -0.05) is 6.07 Å². The van der Waals surface area contributed by atoms with Crippen LogP contribution in [0.5, 0.6) is 5.75 Å². The first kappa shape index (κ1) is 12.2. The van der Waals surface area contributed by atoms with Crippen molar-refractivity contribution in [3.05, 3.63) is 30.0 Å². The molecule has 1 aromatic carbocycles. The van der Waals surface area contributed by atoms with Gasteiger partial charge in [0.15, 0.2) is 5.79 Å². The minimum absolute atomic E-state index is 0.315. The molecule has 0 atom stereocenters. The summed E-state index contributed by atoms with van der Waals surface area (Å²) in [4.78, 5) is 3.26. The topological polar surface area (TPSA) is 54.5 Å². The lowest BCUT2D eigenvalue weighted by atomic mass is 9.81. The van der Waals surface area contributed by atoms with Crippen LogP contribution in [-0.4, -0.2) is 29.1 Å². The van der Waals surface area contributed by atoms with Crippen LogP contribution in [0.4, 0.5) is 0 Å². The van der Waals surface area contributed by atoms with E-state index in [-0.39, 0.29) is 5.79 Å². The van der Waals surface area contributed by atoms with Crippen molar-refractivity contribution in [1.82, 2.24) is 4.98 Å². The maximum Gasteiger partial charge on any atom is 0.168 e. The van der Waals surface area contributed by atoms with Crippen LogP contribution in [0.25, 0.3) is 10.9 Å². The molecule has 0 amide bonds. The van der Waals surface area contributed by atoms with Gasteiger partial charge in [0, 0.05) is 29.9 Å². The number of ether oxygens (including phenoxy) is 2. The second-order valence-corrected chi connectivity index (χ2v) is 5.83. The van der Waals surface area contributed by atoms with Gasteiger partial charge in [0.25, 0.3) is 0 Å². The smallest absolute Gasteiger partial charge is 0.168 e. The highest BCUT2D eigenvalue weighted by Gasteiger charge is 2.41. The molecule has 106 valence electrons. The molecule has 2 fully saturated rings. The molecule has 20 heavy (non-hydrogen) atoms. The summed E-state index contributed by atoms with van der Waals surface area (Å²) in [5.41, 5.74) is 2.24. The fraction of sp³-hybridized carbons (Fsp3) is 0.500. The second kappa shape index (κ2) is 4.50. The van der Waals surface area contributed by atoms with Crippen LogP contribution in [0.3, 0.4) is 0 Å².